The molecule has 0 aliphatic heterocycles. The Hall–Kier alpha value is -0.433. The molecule has 0 atom stereocenters. The highest BCUT2D eigenvalue weighted by Crippen LogP contribution is 2.31. The molecule has 7 heteroatoms. The molecule has 0 aliphatic carbocycles. The third kappa shape index (κ3) is 3.61. The average molecular weight is 380 g/mol. The molecule has 0 fully saturated rings. The number of aromatic nitrogens is 2. The monoisotopic (exact) mass is 378 g/mol. The van der Waals surface area contributed by atoms with E-state index in [9.17, 15) is 4.39 Å². The van der Waals surface area contributed by atoms with Crippen LogP contribution in [0.4, 0.5) is 4.39 Å². The molecule has 2 aromatic heterocycles. The van der Waals surface area contributed by atoms with Crippen molar-refractivity contribution < 1.29 is 9.13 Å². The molecule has 110 valence electrons. The molecule has 0 bridgehead atoms. The van der Waals surface area contributed by atoms with Crippen LogP contribution in [0, 0.1) is 5.82 Å². The summed E-state index contributed by atoms with van der Waals surface area (Å²) in [5, 5.41) is 0.328. The SMILES string of the molecule is C[Si](C)(C)CCOCn1cc(Br)c2c(F)c(Cl)ncc21. The van der Waals surface area contributed by atoms with Gasteiger partial charge in [-0.05, 0) is 22.0 Å². The summed E-state index contributed by atoms with van der Waals surface area (Å²) < 4.78 is 22.1. The lowest BCUT2D eigenvalue weighted by atomic mass is 10.3. The maximum Gasteiger partial charge on any atom is 0.170 e. The normalized spacial score (nSPS) is 12.3. The Morgan fingerprint density at radius 3 is 2.80 bits per heavy atom. The second-order valence-electron chi connectivity index (χ2n) is 5.92. The van der Waals surface area contributed by atoms with Crippen molar-refractivity contribution in [2.24, 2.45) is 0 Å². The molecule has 0 N–H and O–H groups in total. The van der Waals surface area contributed by atoms with Gasteiger partial charge in [-0.3, -0.25) is 0 Å². The van der Waals surface area contributed by atoms with Gasteiger partial charge in [0.1, 0.15) is 6.73 Å². The van der Waals surface area contributed by atoms with E-state index in [1.807, 2.05) is 4.57 Å². The van der Waals surface area contributed by atoms with Crippen molar-refractivity contribution in [1.82, 2.24) is 9.55 Å². The van der Waals surface area contributed by atoms with Crippen LogP contribution in [-0.2, 0) is 11.5 Å². The number of pyridine rings is 1. The lowest BCUT2D eigenvalue weighted by Gasteiger charge is -2.15. The first-order valence-corrected chi connectivity index (χ1v) is 11.2. The molecule has 0 saturated heterocycles. The lowest BCUT2D eigenvalue weighted by Crippen LogP contribution is -2.21. The molecule has 2 rings (SSSR count). The van der Waals surface area contributed by atoms with E-state index in [0.717, 1.165) is 12.7 Å². The molecule has 2 aromatic rings. The van der Waals surface area contributed by atoms with Crippen LogP contribution >= 0.6 is 27.5 Å². The van der Waals surface area contributed by atoms with Crippen molar-refractivity contribution in [1.29, 1.82) is 0 Å². The van der Waals surface area contributed by atoms with Crippen LogP contribution in [0.25, 0.3) is 10.9 Å². The van der Waals surface area contributed by atoms with Gasteiger partial charge in [0.2, 0.25) is 0 Å². The number of ether oxygens (including phenoxy) is 1. The number of rotatable bonds is 5. The predicted octanol–water partition coefficient (Wildman–Crippen LogP) is 4.90. The Labute approximate surface area is 132 Å². The molecule has 0 aromatic carbocycles. The summed E-state index contributed by atoms with van der Waals surface area (Å²) in [6, 6.07) is 1.10. The van der Waals surface area contributed by atoms with Crippen molar-refractivity contribution in [3.05, 3.63) is 27.8 Å². The van der Waals surface area contributed by atoms with Gasteiger partial charge in [-0.15, -0.1) is 0 Å². The lowest BCUT2D eigenvalue weighted by molar-refractivity contribution is 0.0901. The maximum absolute atomic E-state index is 13.9. The summed E-state index contributed by atoms with van der Waals surface area (Å²) in [6.07, 6.45) is 3.35. The summed E-state index contributed by atoms with van der Waals surface area (Å²) in [7, 11) is -1.09. The predicted molar refractivity (Wildman–Crippen MR) is 86.5 cm³/mol. The van der Waals surface area contributed by atoms with Crippen molar-refractivity contribution in [2.75, 3.05) is 6.61 Å². The maximum atomic E-state index is 13.9. The van der Waals surface area contributed by atoms with Gasteiger partial charge in [-0.25, -0.2) is 9.37 Å². The molecular weight excluding hydrogens is 363 g/mol. The summed E-state index contributed by atoms with van der Waals surface area (Å²) in [6.45, 7) is 8.02. The quantitative estimate of drug-likeness (QED) is 0.419. The van der Waals surface area contributed by atoms with Gasteiger partial charge >= 0.3 is 0 Å². The number of nitrogens with zero attached hydrogens (tertiary/aromatic N) is 2. The van der Waals surface area contributed by atoms with Crippen LogP contribution in [0.5, 0.6) is 0 Å². The van der Waals surface area contributed by atoms with Crippen molar-refractivity contribution in [3.8, 4) is 0 Å². The molecule has 2 heterocycles. The smallest absolute Gasteiger partial charge is 0.170 e. The molecule has 0 radical (unpaired) electrons. The Kier molecular flexibility index (Phi) is 4.89. The highest BCUT2D eigenvalue weighted by atomic mass is 79.9. The van der Waals surface area contributed by atoms with E-state index in [1.54, 1.807) is 12.4 Å². The van der Waals surface area contributed by atoms with Crippen LogP contribution < -0.4 is 0 Å². The summed E-state index contributed by atoms with van der Waals surface area (Å²) in [5.41, 5.74) is 0.673. The highest BCUT2D eigenvalue weighted by molar-refractivity contribution is 9.10. The van der Waals surface area contributed by atoms with Crippen LogP contribution in [0.3, 0.4) is 0 Å². The first-order valence-electron chi connectivity index (χ1n) is 6.36. The van der Waals surface area contributed by atoms with E-state index >= 15 is 0 Å². The Morgan fingerprint density at radius 1 is 1.45 bits per heavy atom. The topological polar surface area (TPSA) is 27.1 Å². The number of hydrogen-bond donors (Lipinski definition) is 0. The van der Waals surface area contributed by atoms with Crippen LogP contribution in [0.1, 0.15) is 0 Å². The first-order chi connectivity index (χ1) is 9.29. The zero-order valence-corrected chi connectivity index (χ0v) is 15.1. The standard InChI is InChI=1S/C13H17BrClFN2OSi/c1-20(2,3)5-4-19-8-18-7-9(14)11-10(18)6-17-13(15)12(11)16/h6-7H,4-5,8H2,1-3H3. The fourth-order valence-corrected chi connectivity index (χ4v) is 3.34. The minimum atomic E-state index is -1.09. The third-order valence-electron chi connectivity index (χ3n) is 3.00. The van der Waals surface area contributed by atoms with E-state index < -0.39 is 13.9 Å². The van der Waals surface area contributed by atoms with Crippen LogP contribution in [0.2, 0.25) is 30.8 Å². The molecule has 0 unspecified atom stereocenters. The van der Waals surface area contributed by atoms with Crippen molar-refractivity contribution in [3.63, 3.8) is 0 Å². The number of hydrogen-bond acceptors (Lipinski definition) is 2. The molecule has 0 saturated carbocycles. The zero-order valence-electron chi connectivity index (χ0n) is 11.7. The van der Waals surface area contributed by atoms with E-state index in [-0.39, 0.29) is 5.15 Å². The largest absolute Gasteiger partial charge is 0.361 e. The van der Waals surface area contributed by atoms with Gasteiger partial charge < -0.3 is 9.30 Å². The van der Waals surface area contributed by atoms with E-state index in [1.165, 1.54) is 0 Å². The van der Waals surface area contributed by atoms with Crippen LogP contribution in [0.15, 0.2) is 16.9 Å². The minimum absolute atomic E-state index is 0.115. The minimum Gasteiger partial charge on any atom is -0.361 e. The number of fused-ring (bicyclic) bond motifs is 1. The van der Waals surface area contributed by atoms with E-state index in [2.05, 4.69) is 40.6 Å². The van der Waals surface area contributed by atoms with Gasteiger partial charge in [0.15, 0.2) is 11.0 Å². The fraction of sp³-hybridized carbons (Fsp3) is 0.462. The second kappa shape index (κ2) is 6.13. The Bertz CT molecular complexity index is 627. The van der Waals surface area contributed by atoms with Crippen molar-refractivity contribution in [2.45, 2.75) is 32.4 Å². The first kappa shape index (κ1) is 15.9. The Morgan fingerprint density at radius 2 is 2.15 bits per heavy atom. The molecule has 0 spiro atoms. The molecular formula is C13H17BrClFN2OSi. The Balaban J connectivity index is 2.14. The van der Waals surface area contributed by atoms with Gasteiger partial charge in [0.25, 0.3) is 0 Å². The number of halogens is 3. The van der Waals surface area contributed by atoms with Gasteiger partial charge in [0, 0.05) is 25.4 Å². The zero-order chi connectivity index (χ0) is 14.9. The van der Waals surface area contributed by atoms with Gasteiger partial charge in [0.05, 0.1) is 17.1 Å². The fourth-order valence-electron chi connectivity index (χ4n) is 1.82. The van der Waals surface area contributed by atoms with Gasteiger partial charge in [-0.2, -0.15) is 0 Å². The third-order valence-corrected chi connectivity index (χ3v) is 5.57. The summed E-state index contributed by atoms with van der Waals surface area (Å²) in [5.74, 6) is -0.503. The summed E-state index contributed by atoms with van der Waals surface area (Å²) in [4.78, 5) is 3.85. The average Bonchev–Trinajstić information content (AvgIpc) is 2.66. The van der Waals surface area contributed by atoms with E-state index in [0.29, 0.717) is 22.1 Å². The molecule has 0 amide bonds. The molecule has 3 nitrogen and oxygen atoms in total. The van der Waals surface area contributed by atoms with Gasteiger partial charge in [-0.1, -0.05) is 31.2 Å². The summed E-state index contributed by atoms with van der Waals surface area (Å²) >= 11 is 9.05. The molecule has 0 aliphatic rings. The molecule has 20 heavy (non-hydrogen) atoms. The van der Waals surface area contributed by atoms with Crippen LogP contribution in [-0.4, -0.2) is 24.2 Å². The highest BCUT2D eigenvalue weighted by Gasteiger charge is 2.16. The van der Waals surface area contributed by atoms with Crippen molar-refractivity contribution >= 4 is 46.5 Å². The van der Waals surface area contributed by atoms with E-state index in [4.69, 9.17) is 16.3 Å². The second-order valence-corrected chi connectivity index (χ2v) is 12.8.